The number of amides is 1. The number of piperazine rings is 1. The first-order valence-electron chi connectivity index (χ1n) is 9.48. The van der Waals surface area contributed by atoms with Crippen molar-refractivity contribution in [1.82, 2.24) is 20.1 Å². The number of nitrogens with one attached hydrogen (secondary N) is 1. The van der Waals surface area contributed by atoms with E-state index in [9.17, 15) is 4.79 Å². The van der Waals surface area contributed by atoms with E-state index in [0.29, 0.717) is 6.54 Å². The lowest BCUT2D eigenvalue weighted by Crippen LogP contribution is -2.51. The lowest BCUT2D eigenvalue weighted by molar-refractivity contribution is -0.136. The first-order chi connectivity index (χ1) is 12.8. The molecule has 0 aromatic carbocycles. The lowest BCUT2D eigenvalue weighted by Gasteiger charge is -2.40. The zero-order valence-corrected chi connectivity index (χ0v) is 17.3. The highest BCUT2D eigenvalue weighted by Gasteiger charge is 2.33. The number of nitrogens with zero attached hydrogens (tertiary/aromatic N) is 3. The average molecular weight is 407 g/mol. The van der Waals surface area contributed by atoms with E-state index in [0.717, 1.165) is 39.0 Å². The van der Waals surface area contributed by atoms with Gasteiger partial charge < -0.3 is 10.2 Å². The van der Waals surface area contributed by atoms with Crippen LogP contribution in [0.2, 0.25) is 0 Å². The number of carbonyl (C=O) groups is 1. The van der Waals surface area contributed by atoms with Crippen LogP contribution in [-0.4, -0.2) is 53.4 Å². The molecule has 2 aromatic rings. The van der Waals surface area contributed by atoms with E-state index in [1.54, 1.807) is 6.20 Å². The maximum atomic E-state index is 13.2. The molecule has 0 aliphatic carbocycles. The van der Waals surface area contributed by atoms with Gasteiger partial charge in [-0.25, -0.2) is 0 Å². The van der Waals surface area contributed by atoms with Crippen LogP contribution in [0.25, 0.3) is 0 Å². The Morgan fingerprint density at radius 3 is 3.04 bits per heavy atom. The number of carbonyl (C=O) groups excluding carboxylic acids is 1. The third-order valence-corrected chi connectivity index (χ3v) is 6.56. The first-order valence-corrected chi connectivity index (χ1v) is 10.4. The third-order valence-electron chi connectivity index (χ3n) is 5.56. The highest BCUT2D eigenvalue weighted by atomic mass is 35.5. The molecule has 2 unspecified atom stereocenters. The Kier molecular flexibility index (Phi) is 6.87. The van der Waals surface area contributed by atoms with Crippen molar-refractivity contribution in [3.63, 3.8) is 0 Å². The van der Waals surface area contributed by atoms with Gasteiger partial charge in [0.1, 0.15) is 0 Å². The summed E-state index contributed by atoms with van der Waals surface area (Å²) >= 11 is 1.83. The predicted molar refractivity (Wildman–Crippen MR) is 111 cm³/mol. The molecular formula is C20H27ClN4OS. The van der Waals surface area contributed by atoms with Crippen LogP contribution >= 0.6 is 23.7 Å². The summed E-state index contributed by atoms with van der Waals surface area (Å²) in [6.45, 7) is 6.19. The van der Waals surface area contributed by atoms with Gasteiger partial charge in [0, 0.05) is 49.5 Å². The van der Waals surface area contributed by atoms with Gasteiger partial charge >= 0.3 is 0 Å². The maximum Gasteiger partial charge on any atom is 0.237 e. The fraction of sp³-hybridized carbons (Fsp3) is 0.500. The topological polar surface area (TPSA) is 48.5 Å². The molecule has 4 rings (SSSR count). The summed E-state index contributed by atoms with van der Waals surface area (Å²) in [6, 6.07) is 6.73. The summed E-state index contributed by atoms with van der Waals surface area (Å²) in [4.78, 5) is 23.3. The molecule has 0 saturated carbocycles. The Morgan fingerprint density at radius 1 is 1.37 bits per heavy atom. The number of hydrogen-bond acceptors (Lipinski definition) is 5. The van der Waals surface area contributed by atoms with E-state index in [1.165, 1.54) is 16.0 Å². The van der Waals surface area contributed by atoms with E-state index >= 15 is 0 Å². The van der Waals surface area contributed by atoms with Gasteiger partial charge in [-0.2, -0.15) is 0 Å². The molecule has 2 aromatic heterocycles. The minimum Gasteiger partial charge on any atom is -0.334 e. The van der Waals surface area contributed by atoms with Crippen molar-refractivity contribution in [3.8, 4) is 0 Å². The molecule has 2 aliphatic heterocycles. The van der Waals surface area contributed by atoms with Gasteiger partial charge in [0.15, 0.2) is 0 Å². The number of aromatic nitrogens is 1. The van der Waals surface area contributed by atoms with Crippen LogP contribution in [0.4, 0.5) is 0 Å². The molecule has 2 atom stereocenters. The van der Waals surface area contributed by atoms with E-state index in [4.69, 9.17) is 0 Å². The highest BCUT2D eigenvalue weighted by Crippen LogP contribution is 2.35. The molecular weight excluding hydrogens is 380 g/mol. The van der Waals surface area contributed by atoms with E-state index in [1.807, 2.05) is 23.6 Å². The fourth-order valence-corrected chi connectivity index (χ4v) is 5.17. The Bertz CT molecular complexity index is 753. The molecule has 2 aliphatic rings. The zero-order valence-electron chi connectivity index (χ0n) is 15.6. The van der Waals surface area contributed by atoms with E-state index in [-0.39, 0.29) is 30.4 Å². The Balaban J connectivity index is 0.00000210. The fourth-order valence-electron chi connectivity index (χ4n) is 4.24. The normalized spacial score (nSPS) is 22.8. The number of halogens is 1. The summed E-state index contributed by atoms with van der Waals surface area (Å²) in [7, 11) is 0. The van der Waals surface area contributed by atoms with Gasteiger partial charge in [-0.05, 0) is 41.5 Å². The average Bonchev–Trinajstić information content (AvgIpc) is 3.17. The van der Waals surface area contributed by atoms with Crippen LogP contribution in [0.1, 0.15) is 41.4 Å². The van der Waals surface area contributed by atoms with Crippen molar-refractivity contribution in [3.05, 3.63) is 52.0 Å². The number of hydrogen-bond donors (Lipinski definition) is 1. The minimum atomic E-state index is 0. The minimum absolute atomic E-state index is 0. The van der Waals surface area contributed by atoms with Crippen molar-refractivity contribution >= 4 is 29.7 Å². The van der Waals surface area contributed by atoms with Crippen LogP contribution in [0.5, 0.6) is 0 Å². The number of rotatable bonds is 4. The molecule has 0 bridgehead atoms. The molecule has 0 spiro atoms. The van der Waals surface area contributed by atoms with Gasteiger partial charge in [0.25, 0.3) is 0 Å². The van der Waals surface area contributed by atoms with E-state index in [2.05, 4.69) is 44.5 Å². The zero-order chi connectivity index (χ0) is 17.9. The summed E-state index contributed by atoms with van der Waals surface area (Å²) in [5.74, 6) is 0.254. The van der Waals surface area contributed by atoms with Crippen molar-refractivity contribution in [2.45, 2.75) is 31.8 Å². The lowest BCUT2D eigenvalue weighted by atomic mass is 9.97. The van der Waals surface area contributed by atoms with Crippen molar-refractivity contribution in [2.75, 3.05) is 32.7 Å². The molecule has 0 radical (unpaired) electrons. The molecule has 4 heterocycles. The van der Waals surface area contributed by atoms with Gasteiger partial charge in [-0.3, -0.25) is 14.7 Å². The SMILES string of the molecule is CCC1c2ccsc2CCN1C(=O)CN1CCNCC1c1cccnc1.Cl. The summed E-state index contributed by atoms with van der Waals surface area (Å²) in [5, 5.41) is 5.62. The number of thiophene rings is 1. The second kappa shape index (κ2) is 9.15. The van der Waals surface area contributed by atoms with Crippen molar-refractivity contribution < 1.29 is 4.79 Å². The smallest absolute Gasteiger partial charge is 0.237 e. The van der Waals surface area contributed by atoms with Crippen molar-refractivity contribution in [2.24, 2.45) is 0 Å². The summed E-state index contributed by atoms with van der Waals surface area (Å²) in [6.07, 6.45) is 5.68. The predicted octanol–water partition coefficient (Wildman–Crippen LogP) is 3.05. The van der Waals surface area contributed by atoms with Crippen molar-refractivity contribution in [1.29, 1.82) is 0 Å². The van der Waals surface area contributed by atoms with E-state index < -0.39 is 0 Å². The van der Waals surface area contributed by atoms with Gasteiger partial charge in [-0.15, -0.1) is 23.7 Å². The standard InChI is InChI=1S/C20H26N4OS.ClH/c1-2-17-16-6-11-26-19(16)5-9-24(17)20(25)14-23-10-8-22-13-18(23)15-4-3-7-21-12-15;/h3-4,6-7,11-12,17-18,22H,2,5,8-10,13-14H2,1H3;1H. The second-order valence-electron chi connectivity index (χ2n) is 7.04. The molecule has 7 heteroatoms. The first kappa shape index (κ1) is 20.3. The second-order valence-corrected chi connectivity index (χ2v) is 8.04. The van der Waals surface area contributed by atoms with Crippen LogP contribution in [0.3, 0.4) is 0 Å². The number of fused-ring (bicyclic) bond motifs is 1. The monoisotopic (exact) mass is 406 g/mol. The van der Waals surface area contributed by atoms with Crippen LogP contribution in [0.15, 0.2) is 36.0 Å². The molecule has 27 heavy (non-hydrogen) atoms. The Labute approximate surface area is 171 Å². The van der Waals surface area contributed by atoms with Crippen LogP contribution < -0.4 is 5.32 Å². The molecule has 1 saturated heterocycles. The Hall–Kier alpha value is -1.47. The quantitative estimate of drug-likeness (QED) is 0.847. The molecule has 146 valence electrons. The molecule has 1 amide bonds. The number of pyridine rings is 1. The van der Waals surface area contributed by atoms with Gasteiger partial charge in [0.2, 0.25) is 5.91 Å². The highest BCUT2D eigenvalue weighted by molar-refractivity contribution is 7.10. The maximum absolute atomic E-state index is 13.2. The van der Waals surface area contributed by atoms with Gasteiger partial charge in [0.05, 0.1) is 12.6 Å². The molecule has 1 fully saturated rings. The Morgan fingerprint density at radius 2 is 2.26 bits per heavy atom. The van der Waals surface area contributed by atoms with Gasteiger partial charge in [-0.1, -0.05) is 13.0 Å². The molecule has 1 N–H and O–H groups in total. The van der Waals surface area contributed by atoms with Crippen LogP contribution in [-0.2, 0) is 11.2 Å². The van der Waals surface area contributed by atoms with Crippen LogP contribution in [0, 0.1) is 0 Å². The summed E-state index contributed by atoms with van der Waals surface area (Å²) in [5.41, 5.74) is 2.54. The third kappa shape index (κ3) is 4.19. The molecule has 5 nitrogen and oxygen atoms in total. The summed E-state index contributed by atoms with van der Waals surface area (Å²) < 4.78 is 0. The largest absolute Gasteiger partial charge is 0.334 e.